The standard InChI is InChI=1S/C9H16ClN3/c1-5-13-8(9(2,3)4)7(6-10)11-12-13/h5-6H2,1-4H3. The van der Waals surface area contributed by atoms with Gasteiger partial charge in [0.25, 0.3) is 0 Å². The first-order valence-corrected chi connectivity index (χ1v) is 5.03. The van der Waals surface area contributed by atoms with E-state index in [1.54, 1.807) is 0 Å². The zero-order chi connectivity index (χ0) is 10.1. The Morgan fingerprint density at radius 2 is 2.00 bits per heavy atom. The topological polar surface area (TPSA) is 30.7 Å². The molecule has 3 nitrogen and oxygen atoms in total. The van der Waals surface area contributed by atoms with E-state index in [0.717, 1.165) is 17.9 Å². The number of rotatable bonds is 2. The molecule has 0 radical (unpaired) electrons. The normalized spacial score (nSPS) is 12.1. The fourth-order valence-corrected chi connectivity index (χ4v) is 1.66. The van der Waals surface area contributed by atoms with Crippen LogP contribution in [-0.4, -0.2) is 15.0 Å². The quantitative estimate of drug-likeness (QED) is 0.688. The molecule has 0 spiro atoms. The van der Waals surface area contributed by atoms with Gasteiger partial charge in [-0.25, -0.2) is 4.68 Å². The lowest BCUT2D eigenvalue weighted by atomic mass is 9.90. The average molecular weight is 202 g/mol. The molecule has 0 unspecified atom stereocenters. The number of hydrogen-bond acceptors (Lipinski definition) is 2. The third-order valence-corrected chi connectivity index (χ3v) is 2.19. The molecule has 0 fully saturated rings. The molecule has 0 aliphatic rings. The second-order valence-corrected chi connectivity index (χ2v) is 4.35. The smallest absolute Gasteiger partial charge is 0.101 e. The first-order chi connectivity index (χ1) is 6.00. The molecule has 13 heavy (non-hydrogen) atoms. The SMILES string of the molecule is CCn1nnc(CCl)c1C(C)(C)C. The van der Waals surface area contributed by atoms with Gasteiger partial charge in [-0.1, -0.05) is 26.0 Å². The number of nitrogens with zero attached hydrogens (tertiary/aromatic N) is 3. The highest BCUT2D eigenvalue weighted by atomic mass is 35.5. The predicted octanol–water partition coefficient (Wildman–Crippen LogP) is 2.33. The molecule has 74 valence electrons. The molecule has 0 amide bonds. The lowest BCUT2D eigenvalue weighted by Gasteiger charge is -2.20. The highest BCUT2D eigenvalue weighted by Crippen LogP contribution is 2.25. The minimum atomic E-state index is 0.0593. The van der Waals surface area contributed by atoms with Crippen molar-refractivity contribution in [3.63, 3.8) is 0 Å². The number of halogens is 1. The highest BCUT2D eigenvalue weighted by molar-refractivity contribution is 6.16. The van der Waals surface area contributed by atoms with Gasteiger partial charge in [0.05, 0.1) is 11.6 Å². The van der Waals surface area contributed by atoms with Crippen molar-refractivity contribution in [1.82, 2.24) is 15.0 Å². The van der Waals surface area contributed by atoms with Crippen LogP contribution in [0.2, 0.25) is 0 Å². The average Bonchev–Trinajstić information content (AvgIpc) is 2.45. The van der Waals surface area contributed by atoms with Crippen molar-refractivity contribution in [2.45, 2.75) is 45.5 Å². The van der Waals surface area contributed by atoms with Crippen LogP contribution in [0.3, 0.4) is 0 Å². The summed E-state index contributed by atoms with van der Waals surface area (Å²) in [5.74, 6) is 0.437. The monoisotopic (exact) mass is 201 g/mol. The maximum Gasteiger partial charge on any atom is 0.101 e. The van der Waals surface area contributed by atoms with Crippen LogP contribution in [0.1, 0.15) is 39.1 Å². The zero-order valence-electron chi connectivity index (χ0n) is 8.63. The van der Waals surface area contributed by atoms with Crippen LogP contribution in [-0.2, 0) is 17.8 Å². The van der Waals surface area contributed by atoms with E-state index >= 15 is 0 Å². The molecule has 0 saturated heterocycles. The van der Waals surface area contributed by atoms with Gasteiger partial charge in [0.2, 0.25) is 0 Å². The van der Waals surface area contributed by atoms with E-state index in [-0.39, 0.29) is 5.41 Å². The lowest BCUT2D eigenvalue weighted by Crippen LogP contribution is -2.19. The van der Waals surface area contributed by atoms with Crippen molar-refractivity contribution in [2.24, 2.45) is 0 Å². The van der Waals surface area contributed by atoms with Crippen LogP contribution >= 0.6 is 11.6 Å². The summed E-state index contributed by atoms with van der Waals surface area (Å²) in [6.07, 6.45) is 0. The number of aryl methyl sites for hydroxylation is 1. The van der Waals surface area contributed by atoms with Crippen molar-refractivity contribution in [3.8, 4) is 0 Å². The van der Waals surface area contributed by atoms with Gasteiger partial charge in [0.1, 0.15) is 5.69 Å². The summed E-state index contributed by atoms with van der Waals surface area (Å²) in [5, 5.41) is 8.11. The number of alkyl halides is 1. The summed E-state index contributed by atoms with van der Waals surface area (Å²) in [6.45, 7) is 9.34. The Morgan fingerprint density at radius 1 is 1.38 bits per heavy atom. The molecular weight excluding hydrogens is 186 g/mol. The van der Waals surface area contributed by atoms with E-state index in [0.29, 0.717) is 5.88 Å². The summed E-state index contributed by atoms with van der Waals surface area (Å²) in [6, 6.07) is 0. The Morgan fingerprint density at radius 3 is 2.38 bits per heavy atom. The minimum absolute atomic E-state index is 0.0593. The van der Waals surface area contributed by atoms with Crippen molar-refractivity contribution < 1.29 is 0 Å². The first-order valence-electron chi connectivity index (χ1n) is 4.49. The molecule has 4 heteroatoms. The van der Waals surface area contributed by atoms with E-state index in [2.05, 4.69) is 38.0 Å². The third-order valence-electron chi connectivity index (χ3n) is 1.94. The summed E-state index contributed by atoms with van der Waals surface area (Å²) >= 11 is 5.79. The fourth-order valence-electron chi connectivity index (χ4n) is 1.48. The van der Waals surface area contributed by atoms with Crippen molar-refractivity contribution in [1.29, 1.82) is 0 Å². The molecule has 1 aromatic rings. The Hall–Kier alpha value is -0.570. The van der Waals surface area contributed by atoms with E-state index in [9.17, 15) is 0 Å². The fraction of sp³-hybridized carbons (Fsp3) is 0.778. The molecule has 1 rings (SSSR count). The maximum atomic E-state index is 5.79. The van der Waals surface area contributed by atoms with Gasteiger partial charge in [0, 0.05) is 12.0 Å². The summed E-state index contributed by atoms with van der Waals surface area (Å²) in [5.41, 5.74) is 2.10. The van der Waals surface area contributed by atoms with Gasteiger partial charge in [-0.15, -0.1) is 16.7 Å². The van der Waals surface area contributed by atoms with Crippen molar-refractivity contribution >= 4 is 11.6 Å². The van der Waals surface area contributed by atoms with E-state index < -0.39 is 0 Å². The van der Waals surface area contributed by atoms with Crippen molar-refractivity contribution in [2.75, 3.05) is 0 Å². The molecule has 1 heterocycles. The van der Waals surface area contributed by atoms with Gasteiger partial charge in [-0.2, -0.15) is 0 Å². The predicted molar refractivity (Wildman–Crippen MR) is 54.0 cm³/mol. The lowest BCUT2D eigenvalue weighted by molar-refractivity contribution is 0.491. The zero-order valence-corrected chi connectivity index (χ0v) is 9.39. The summed E-state index contributed by atoms with van der Waals surface area (Å²) in [4.78, 5) is 0. The van der Waals surface area contributed by atoms with Crippen LogP contribution in [0.15, 0.2) is 0 Å². The van der Waals surface area contributed by atoms with Crippen molar-refractivity contribution in [3.05, 3.63) is 11.4 Å². The van der Waals surface area contributed by atoms with Gasteiger partial charge in [-0.05, 0) is 6.92 Å². The molecule has 0 bridgehead atoms. The van der Waals surface area contributed by atoms with Crippen LogP contribution < -0.4 is 0 Å². The Kier molecular flexibility index (Phi) is 2.96. The molecule has 0 aliphatic heterocycles. The Bertz CT molecular complexity index is 264. The van der Waals surface area contributed by atoms with Crippen LogP contribution in [0, 0.1) is 0 Å². The maximum absolute atomic E-state index is 5.79. The van der Waals surface area contributed by atoms with Crippen LogP contribution in [0.5, 0.6) is 0 Å². The van der Waals surface area contributed by atoms with Gasteiger partial charge in [-0.3, -0.25) is 0 Å². The number of hydrogen-bond donors (Lipinski definition) is 0. The second kappa shape index (κ2) is 3.66. The van der Waals surface area contributed by atoms with Gasteiger partial charge < -0.3 is 0 Å². The van der Waals surface area contributed by atoms with Crippen LogP contribution in [0.4, 0.5) is 0 Å². The molecular formula is C9H16ClN3. The van der Waals surface area contributed by atoms with E-state index in [1.807, 2.05) is 4.68 Å². The second-order valence-electron chi connectivity index (χ2n) is 4.08. The molecule has 0 atom stereocenters. The highest BCUT2D eigenvalue weighted by Gasteiger charge is 2.23. The first kappa shape index (κ1) is 10.5. The molecule has 0 saturated carbocycles. The summed E-state index contributed by atoms with van der Waals surface area (Å²) in [7, 11) is 0. The molecule has 0 N–H and O–H groups in total. The van der Waals surface area contributed by atoms with E-state index in [1.165, 1.54) is 0 Å². The largest absolute Gasteiger partial charge is 0.249 e. The van der Waals surface area contributed by atoms with Crippen LogP contribution in [0.25, 0.3) is 0 Å². The van der Waals surface area contributed by atoms with Gasteiger partial charge >= 0.3 is 0 Å². The summed E-state index contributed by atoms with van der Waals surface area (Å²) < 4.78 is 1.91. The Labute approximate surface area is 84.1 Å². The third kappa shape index (κ3) is 2.02. The Balaban J connectivity index is 3.20. The molecule has 0 aliphatic carbocycles. The molecule has 1 aromatic heterocycles. The number of aromatic nitrogens is 3. The van der Waals surface area contributed by atoms with E-state index in [4.69, 9.17) is 11.6 Å². The molecule has 0 aromatic carbocycles. The van der Waals surface area contributed by atoms with Gasteiger partial charge in [0.15, 0.2) is 0 Å². The minimum Gasteiger partial charge on any atom is -0.249 e.